The SMILES string of the molecule is CCCNC(C)(C#N)CN(C)CC1CC1C. The van der Waals surface area contributed by atoms with E-state index in [4.69, 9.17) is 0 Å². The van der Waals surface area contributed by atoms with Gasteiger partial charge in [-0.15, -0.1) is 0 Å². The van der Waals surface area contributed by atoms with E-state index in [2.05, 4.69) is 37.2 Å². The van der Waals surface area contributed by atoms with Gasteiger partial charge in [-0.2, -0.15) is 5.26 Å². The molecule has 1 aliphatic carbocycles. The average molecular weight is 223 g/mol. The Kier molecular flexibility index (Phi) is 4.76. The second-order valence-electron chi connectivity index (χ2n) is 5.54. The Hall–Kier alpha value is -0.590. The summed E-state index contributed by atoms with van der Waals surface area (Å²) in [6, 6.07) is 2.40. The molecular formula is C13H25N3. The lowest BCUT2D eigenvalue weighted by atomic mass is 10.0. The normalized spacial score (nSPS) is 27.5. The van der Waals surface area contributed by atoms with E-state index in [1.54, 1.807) is 0 Å². The molecular weight excluding hydrogens is 198 g/mol. The molecule has 0 aliphatic heterocycles. The molecule has 0 amide bonds. The molecule has 3 atom stereocenters. The van der Waals surface area contributed by atoms with Gasteiger partial charge in [0.15, 0.2) is 0 Å². The Labute approximate surface area is 99.8 Å². The maximum atomic E-state index is 9.22. The van der Waals surface area contributed by atoms with Crippen LogP contribution in [0.5, 0.6) is 0 Å². The molecule has 1 rings (SSSR count). The third-order valence-electron chi connectivity index (χ3n) is 3.42. The topological polar surface area (TPSA) is 39.1 Å². The molecule has 0 saturated heterocycles. The number of nitrogens with one attached hydrogen (secondary N) is 1. The van der Waals surface area contributed by atoms with Gasteiger partial charge in [-0.1, -0.05) is 13.8 Å². The first-order chi connectivity index (χ1) is 7.50. The fourth-order valence-corrected chi connectivity index (χ4v) is 2.19. The van der Waals surface area contributed by atoms with Crippen molar-refractivity contribution in [2.45, 2.75) is 39.2 Å². The second-order valence-corrected chi connectivity index (χ2v) is 5.54. The van der Waals surface area contributed by atoms with Crippen LogP contribution >= 0.6 is 0 Å². The van der Waals surface area contributed by atoms with Crippen LogP contribution in [0.4, 0.5) is 0 Å². The van der Waals surface area contributed by atoms with E-state index in [0.29, 0.717) is 0 Å². The molecule has 1 aliphatic rings. The van der Waals surface area contributed by atoms with Crippen molar-refractivity contribution in [2.75, 3.05) is 26.7 Å². The van der Waals surface area contributed by atoms with Gasteiger partial charge in [0.25, 0.3) is 0 Å². The lowest BCUT2D eigenvalue weighted by molar-refractivity contribution is 0.249. The van der Waals surface area contributed by atoms with Crippen LogP contribution < -0.4 is 5.32 Å². The van der Waals surface area contributed by atoms with Gasteiger partial charge in [-0.05, 0) is 45.2 Å². The Balaban J connectivity index is 2.33. The van der Waals surface area contributed by atoms with Gasteiger partial charge in [0, 0.05) is 13.1 Å². The third-order valence-corrected chi connectivity index (χ3v) is 3.42. The molecule has 92 valence electrons. The first kappa shape index (κ1) is 13.5. The van der Waals surface area contributed by atoms with Gasteiger partial charge in [0.2, 0.25) is 0 Å². The van der Waals surface area contributed by atoms with Gasteiger partial charge in [0.1, 0.15) is 5.54 Å². The largest absolute Gasteiger partial charge is 0.303 e. The van der Waals surface area contributed by atoms with E-state index < -0.39 is 5.54 Å². The van der Waals surface area contributed by atoms with Gasteiger partial charge < -0.3 is 4.90 Å². The highest BCUT2D eigenvalue weighted by atomic mass is 15.1. The van der Waals surface area contributed by atoms with E-state index in [0.717, 1.165) is 37.9 Å². The van der Waals surface area contributed by atoms with Crippen LogP contribution in [-0.4, -0.2) is 37.1 Å². The van der Waals surface area contributed by atoms with Crippen LogP contribution in [0.15, 0.2) is 0 Å². The molecule has 1 N–H and O–H groups in total. The van der Waals surface area contributed by atoms with Gasteiger partial charge >= 0.3 is 0 Å². The lowest BCUT2D eigenvalue weighted by Crippen LogP contribution is -2.50. The van der Waals surface area contributed by atoms with Gasteiger partial charge in [-0.3, -0.25) is 5.32 Å². The molecule has 0 aromatic carbocycles. The van der Waals surface area contributed by atoms with Crippen molar-refractivity contribution in [1.82, 2.24) is 10.2 Å². The summed E-state index contributed by atoms with van der Waals surface area (Å²) in [6.45, 7) is 9.28. The highest BCUT2D eigenvalue weighted by molar-refractivity contribution is 5.05. The molecule has 3 unspecified atom stereocenters. The number of nitrogens with zero attached hydrogens (tertiary/aromatic N) is 2. The maximum absolute atomic E-state index is 9.22. The van der Waals surface area contributed by atoms with Crippen LogP contribution in [0, 0.1) is 23.2 Å². The zero-order valence-electron chi connectivity index (χ0n) is 11.1. The molecule has 0 heterocycles. The van der Waals surface area contributed by atoms with Crippen LogP contribution in [-0.2, 0) is 0 Å². The van der Waals surface area contributed by atoms with Crippen molar-refractivity contribution >= 4 is 0 Å². The molecule has 0 radical (unpaired) electrons. The summed E-state index contributed by atoms with van der Waals surface area (Å²) in [7, 11) is 2.12. The molecule has 0 spiro atoms. The van der Waals surface area contributed by atoms with E-state index in [1.165, 1.54) is 6.42 Å². The van der Waals surface area contributed by atoms with Crippen LogP contribution in [0.25, 0.3) is 0 Å². The van der Waals surface area contributed by atoms with Crippen LogP contribution in [0.1, 0.15) is 33.6 Å². The molecule has 0 aromatic rings. The van der Waals surface area contributed by atoms with E-state index >= 15 is 0 Å². The Morgan fingerprint density at radius 1 is 1.56 bits per heavy atom. The minimum Gasteiger partial charge on any atom is -0.303 e. The molecule has 0 aromatic heterocycles. The lowest BCUT2D eigenvalue weighted by Gasteiger charge is -2.29. The summed E-state index contributed by atoms with van der Waals surface area (Å²) in [6.07, 6.45) is 2.43. The van der Waals surface area contributed by atoms with Crippen molar-refractivity contribution in [1.29, 1.82) is 5.26 Å². The monoisotopic (exact) mass is 223 g/mol. The minimum absolute atomic E-state index is 0.400. The zero-order valence-corrected chi connectivity index (χ0v) is 11.1. The van der Waals surface area contributed by atoms with E-state index in [-0.39, 0.29) is 0 Å². The maximum Gasteiger partial charge on any atom is 0.116 e. The quantitative estimate of drug-likeness (QED) is 0.716. The highest BCUT2D eigenvalue weighted by Crippen LogP contribution is 2.38. The summed E-state index contributed by atoms with van der Waals surface area (Å²) in [4.78, 5) is 2.29. The van der Waals surface area contributed by atoms with Crippen LogP contribution in [0.3, 0.4) is 0 Å². The second kappa shape index (κ2) is 5.65. The predicted octanol–water partition coefficient (Wildman–Crippen LogP) is 1.86. The molecule has 1 saturated carbocycles. The van der Waals surface area contributed by atoms with Crippen molar-refractivity contribution in [2.24, 2.45) is 11.8 Å². The third kappa shape index (κ3) is 4.11. The predicted molar refractivity (Wildman–Crippen MR) is 67.1 cm³/mol. The smallest absolute Gasteiger partial charge is 0.116 e. The Bertz CT molecular complexity index is 258. The summed E-state index contributed by atoms with van der Waals surface area (Å²) >= 11 is 0. The minimum atomic E-state index is -0.400. The van der Waals surface area contributed by atoms with Gasteiger partial charge in [-0.25, -0.2) is 0 Å². The standard InChI is InChI=1S/C13H25N3/c1-5-6-15-13(3,9-14)10-16(4)8-12-7-11(12)2/h11-12,15H,5-8,10H2,1-4H3. The molecule has 0 bridgehead atoms. The molecule has 3 nitrogen and oxygen atoms in total. The van der Waals surface area contributed by atoms with Crippen molar-refractivity contribution in [3.05, 3.63) is 0 Å². The van der Waals surface area contributed by atoms with Crippen molar-refractivity contribution in [3.8, 4) is 6.07 Å². The summed E-state index contributed by atoms with van der Waals surface area (Å²) in [5.74, 6) is 1.75. The highest BCUT2D eigenvalue weighted by Gasteiger charge is 2.34. The fourth-order valence-electron chi connectivity index (χ4n) is 2.19. The van der Waals surface area contributed by atoms with E-state index in [1.807, 2.05) is 6.92 Å². The molecule has 1 fully saturated rings. The number of likely N-dealkylation sites (N-methyl/N-ethyl adjacent to an activating group) is 1. The van der Waals surface area contributed by atoms with Crippen LogP contribution in [0.2, 0.25) is 0 Å². The Morgan fingerprint density at radius 3 is 2.62 bits per heavy atom. The first-order valence-electron chi connectivity index (χ1n) is 6.35. The number of hydrogen-bond acceptors (Lipinski definition) is 3. The summed E-state index contributed by atoms with van der Waals surface area (Å²) < 4.78 is 0. The average Bonchev–Trinajstić information content (AvgIpc) is 2.91. The molecule has 3 heteroatoms. The Morgan fingerprint density at radius 2 is 2.19 bits per heavy atom. The zero-order chi connectivity index (χ0) is 12.2. The molecule has 16 heavy (non-hydrogen) atoms. The number of hydrogen-bond donors (Lipinski definition) is 1. The van der Waals surface area contributed by atoms with Crippen molar-refractivity contribution < 1.29 is 0 Å². The summed E-state index contributed by atoms with van der Waals surface area (Å²) in [5, 5.41) is 12.6. The number of nitriles is 1. The first-order valence-corrected chi connectivity index (χ1v) is 6.35. The fraction of sp³-hybridized carbons (Fsp3) is 0.923. The summed E-state index contributed by atoms with van der Waals surface area (Å²) in [5.41, 5.74) is -0.400. The van der Waals surface area contributed by atoms with Crippen molar-refractivity contribution in [3.63, 3.8) is 0 Å². The van der Waals surface area contributed by atoms with Gasteiger partial charge in [0.05, 0.1) is 6.07 Å². The van der Waals surface area contributed by atoms with E-state index in [9.17, 15) is 5.26 Å². The number of rotatable bonds is 7.